The molecule has 8 nitrogen and oxygen atoms in total. The van der Waals surface area contributed by atoms with Gasteiger partial charge in [-0.2, -0.15) is 9.47 Å². The van der Waals surface area contributed by atoms with E-state index in [4.69, 9.17) is 9.05 Å². The van der Waals surface area contributed by atoms with Crippen LogP contribution in [0.15, 0.2) is 51.6 Å². The number of H-pyrrole nitrogens is 1. The van der Waals surface area contributed by atoms with E-state index in [9.17, 15) is 17.6 Å². The Morgan fingerprint density at radius 3 is 1.54 bits per heavy atom. The number of hydrogen-bond donors (Lipinski definition) is 1. The first-order valence-corrected chi connectivity index (χ1v) is 15.6. The molecule has 5 heterocycles. The zero-order valence-electron chi connectivity index (χ0n) is 29.5. The Balaban J connectivity index is 0.000000289. The largest absolute Gasteiger partial charge is 0.361 e. The van der Waals surface area contributed by atoms with Crippen LogP contribution in [-0.4, -0.2) is 29.9 Å². The van der Waals surface area contributed by atoms with Gasteiger partial charge in [-0.1, -0.05) is 16.4 Å². The Hall–Kier alpha value is -4.65. The lowest BCUT2D eigenvalue weighted by Gasteiger charge is -1.96. The molecule has 0 spiro atoms. The lowest BCUT2D eigenvalue weighted by atomic mass is 10.2. The molecule has 6 aromatic rings. The highest BCUT2D eigenvalue weighted by atomic mass is 32.1. The number of pyridine rings is 1. The van der Waals surface area contributed by atoms with Gasteiger partial charge in [-0.3, -0.25) is 10.1 Å². The molecule has 0 aliphatic rings. The van der Waals surface area contributed by atoms with Gasteiger partial charge in [0.1, 0.15) is 17.3 Å². The summed E-state index contributed by atoms with van der Waals surface area (Å²) < 4.78 is 63.0. The standard InChI is InChI=1S/C7H5F3.C7H8FN.C6H9NO.C5H8N2.C5H7NO.C5H7NS/c1-4-2-3-5(8)7(10)6(4)9;1-5-3-4-9-6(2)7(5)8;1-4-5(2)7-8-6(4)3;3*1-4-3-5(2)7-6-4/h2-3H,1H3;3-4H,1-2H3;1-3H3;3H,1-2H3,(H,6,7);2*3H,1-2H3. The molecule has 0 fully saturated rings. The lowest BCUT2D eigenvalue weighted by molar-refractivity contribution is 0.392. The van der Waals surface area contributed by atoms with E-state index >= 15 is 0 Å². The minimum atomic E-state index is -1.40. The molecule has 0 aliphatic carbocycles. The average molecular weight is 689 g/mol. The molecule has 260 valence electrons. The van der Waals surface area contributed by atoms with Crippen molar-refractivity contribution in [2.24, 2.45) is 0 Å². The number of aryl methyl sites for hydroxylation is 11. The van der Waals surface area contributed by atoms with Crippen LogP contribution in [0.5, 0.6) is 0 Å². The van der Waals surface area contributed by atoms with Crippen molar-refractivity contribution in [1.29, 1.82) is 0 Å². The quantitative estimate of drug-likeness (QED) is 0.125. The fourth-order valence-corrected chi connectivity index (χ4v) is 3.93. The van der Waals surface area contributed by atoms with Crippen molar-refractivity contribution in [3.8, 4) is 0 Å². The molecule has 1 aromatic carbocycles. The molecule has 0 radical (unpaired) electrons. The topological polar surface area (TPSA) is 107 Å². The van der Waals surface area contributed by atoms with Crippen LogP contribution in [0.25, 0.3) is 0 Å². The number of aromatic amines is 1. The van der Waals surface area contributed by atoms with Crippen molar-refractivity contribution in [2.45, 2.75) is 83.1 Å². The van der Waals surface area contributed by atoms with Gasteiger partial charge in [0, 0.05) is 28.4 Å². The summed E-state index contributed by atoms with van der Waals surface area (Å²) in [5.41, 5.74) is 7.62. The highest BCUT2D eigenvalue weighted by Gasteiger charge is 2.09. The maximum atomic E-state index is 12.7. The van der Waals surface area contributed by atoms with Crippen LogP contribution in [-0.2, 0) is 0 Å². The third-order valence-corrected chi connectivity index (χ3v) is 6.99. The van der Waals surface area contributed by atoms with E-state index < -0.39 is 17.5 Å². The molecular formula is C35H44F4N6O2S. The lowest BCUT2D eigenvalue weighted by Crippen LogP contribution is -1.92. The second kappa shape index (κ2) is 20.6. The molecule has 0 aliphatic heterocycles. The van der Waals surface area contributed by atoms with Crippen LogP contribution in [0, 0.1) is 106 Å². The normalized spacial score (nSPS) is 9.67. The molecule has 0 bridgehead atoms. The summed E-state index contributed by atoms with van der Waals surface area (Å²) >= 11 is 1.55. The van der Waals surface area contributed by atoms with Gasteiger partial charge in [0.2, 0.25) is 0 Å². The van der Waals surface area contributed by atoms with Crippen LogP contribution in [0.1, 0.15) is 67.3 Å². The Morgan fingerprint density at radius 2 is 1.27 bits per heavy atom. The molecule has 0 atom stereocenters. The van der Waals surface area contributed by atoms with E-state index in [1.807, 2.05) is 67.5 Å². The van der Waals surface area contributed by atoms with Crippen LogP contribution in [0.4, 0.5) is 17.6 Å². The molecule has 0 unspecified atom stereocenters. The Morgan fingerprint density at radius 1 is 0.625 bits per heavy atom. The number of hydrogen-bond acceptors (Lipinski definition) is 8. The van der Waals surface area contributed by atoms with Crippen molar-refractivity contribution in [2.75, 3.05) is 0 Å². The molecule has 13 heteroatoms. The van der Waals surface area contributed by atoms with E-state index in [1.165, 1.54) is 17.9 Å². The molecule has 5 aromatic heterocycles. The number of rotatable bonds is 0. The van der Waals surface area contributed by atoms with Crippen molar-refractivity contribution < 1.29 is 26.6 Å². The first-order valence-electron chi connectivity index (χ1n) is 14.8. The fraction of sp³-hybridized carbons (Fsp3) is 0.343. The number of nitrogens with zero attached hydrogens (tertiary/aromatic N) is 5. The third kappa shape index (κ3) is 15.3. The van der Waals surface area contributed by atoms with Crippen molar-refractivity contribution >= 4 is 11.5 Å². The maximum Gasteiger partial charge on any atom is 0.194 e. The highest BCUT2D eigenvalue weighted by Crippen LogP contribution is 2.13. The number of aromatic nitrogens is 6. The predicted octanol–water partition coefficient (Wildman–Crippen LogP) is 9.93. The van der Waals surface area contributed by atoms with E-state index in [0.29, 0.717) is 11.3 Å². The second-order valence-electron chi connectivity index (χ2n) is 10.8. The van der Waals surface area contributed by atoms with Crippen molar-refractivity contribution in [1.82, 2.24) is 29.9 Å². The Bertz CT molecular complexity index is 1620. The smallest absolute Gasteiger partial charge is 0.194 e. The van der Waals surface area contributed by atoms with Crippen LogP contribution < -0.4 is 0 Å². The molecule has 0 amide bonds. The summed E-state index contributed by atoms with van der Waals surface area (Å²) in [4.78, 5) is 5.05. The van der Waals surface area contributed by atoms with Gasteiger partial charge in [-0.05, 0) is 130 Å². The molecular weight excluding hydrogens is 644 g/mol. The predicted molar refractivity (Wildman–Crippen MR) is 181 cm³/mol. The van der Waals surface area contributed by atoms with Crippen LogP contribution in [0.2, 0.25) is 0 Å². The summed E-state index contributed by atoms with van der Waals surface area (Å²) in [6.07, 6.45) is 1.60. The summed E-state index contributed by atoms with van der Waals surface area (Å²) in [6.45, 7) is 22.4. The first kappa shape index (κ1) is 41.4. The first-order chi connectivity index (χ1) is 22.4. The zero-order chi connectivity index (χ0) is 36.6. The monoisotopic (exact) mass is 688 g/mol. The third-order valence-electron chi connectivity index (χ3n) is 6.20. The van der Waals surface area contributed by atoms with Gasteiger partial charge < -0.3 is 9.05 Å². The van der Waals surface area contributed by atoms with E-state index in [0.717, 1.165) is 51.6 Å². The van der Waals surface area contributed by atoms with Gasteiger partial charge in [0.15, 0.2) is 17.5 Å². The molecule has 6 rings (SSSR count). The van der Waals surface area contributed by atoms with Crippen LogP contribution in [0.3, 0.4) is 0 Å². The molecule has 48 heavy (non-hydrogen) atoms. The van der Waals surface area contributed by atoms with E-state index in [2.05, 4.69) is 42.9 Å². The summed E-state index contributed by atoms with van der Waals surface area (Å²) in [7, 11) is 0. The minimum absolute atomic E-state index is 0.110. The summed E-state index contributed by atoms with van der Waals surface area (Å²) in [5.74, 6) is -2.07. The average Bonchev–Trinajstić information content (AvgIpc) is 3.81. The number of halogens is 4. The van der Waals surface area contributed by atoms with Gasteiger partial charge >= 0.3 is 0 Å². The maximum absolute atomic E-state index is 12.7. The Labute approximate surface area is 283 Å². The van der Waals surface area contributed by atoms with Crippen molar-refractivity contribution in [3.05, 3.63) is 133 Å². The van der Waals surface area contributed by atoms with Gasteiger partial charge in [0.25, 0.3) is 0 Å². The Kier molecular flexibility index (Phi) is 17.7. The number of benzene rings is 1. The van der Waals surface area contributed by atoms with E-state index in [-0.39, 0.29) is 11.4 Å². The van der Waals surface area contributed by atoms with Gasteiger partial charge in [-0.15, -0.1) is 0 Å². The fourth-order valence-electron chi connectivity index (χ4n) is 3.36. The highest BCUT2D eigenvalue weighted by molar-refractivity contribution is 7.05. The summed E-state index contributed by atoms with van der Waals surface area (Å²) in [6, 6.07) is 9.70. The van der Waals surface area contributed by atoms with Crippen LogP contribution >= 0.6 is 11.5 Å². The van der Waals surface area contributed by atoms with Gasteiger partial charge in [0.05, 0.1) is 28.5 Å². The summed E-state index contributed by atoms with van der Waals surface area (Å²) in [5, 5.41) is 14.1. The second-order valence-corrected chi connectivity index (χ2v) is 11.8. The number of nitrogens with one attached hydrogen (secondary N) is 1. The SMILES string of the molecule is Cc1cc(C)[nH]n1.Cc1cc(C)on1.Cc1cc(C)sn1.Cc1ccc(F)c(F)c1F.Cc1ccnc(C)c1F.Cc1noc(C)c1C. The van der Waals surface area contributed by atoms with Crippen molar-refractivity contribution in [3.63, 3.8) is 0 Å². The molecule has 0 saturated heterocycles. The molecule has 1 N–H and O–H groups in total. The van der Waals surface area contributed by atoms with Gasteiger partial charge in [-0.25, -0.2) is 17.6 Å². The zero-order valence-corrected chi connectivity index (χ0v) is 30.3. The minimum Gasteiger partial charge on any atom is -0.361 e. The molecule has 0 saturated carbocycles. The van der Waals surface area contributed by atoms with E-state index in [1.54, 1.807) is 37.6 Å².